The molecule has 1 N–H and O–H groups in total. The van der Waals surface area contributed by atoms with Crippen molar-refractivity contribution < 1.29 is 0 Å². The van der Waals surface area contributed by atoms with Gasteiger partial charge in [0.25, 0.3) is 0 Å². The van der Waals surface area contributed by atoms with Gasteiger partial charge in [-0.1, -0.05) is 0 Å². The highest BCUT2D eigenvalue weighted by Crippen LogP contribution is 2.27. The average molecular weight is 201 g/mol. The van der Waals surface area contributed by atoms with Gasteiger partial charge in [0.05, 0.1) is 0 Å². The SMILES string of the molecule is c1csc(-c2ccnc3[nH]ccc23)n1. The summed E-state index contributed by atoms with van der Waals surface area (Å²) in [6.45, 7) is 0. The second-order valence-corrected chi connectivity index (χ2v) is 3.83. The Labute approximate surface area is 84.5 Å². The van der Waals surface area contributed by atoms with Crippen LogP contribution in [0.1, 0.15) is 0 Å². The number of nitrogens with one attached hydrogen (secondary N) is 1. The van der Waals surface area contributed by atoms with E-state index in [1.54, 1.807) is 17.5 Å². The van der Waals surface area contributed by atoms with E-state index in [4.69, 9.17) is 0 Å². The molecule has 0 aromatic carbocycles. The van der Waals surface area contributed by atoms with E-state index in [0.717, 1.165) is 21.6 Å². The molecule has 0 saturated heterocycles. The van der Waals surface area contributed by atoms with Crippen LogP contribution in [0.25, 0.3) is 21.6 Å². The fraction of sp³-hybridized carbons (Fsp3) is 0. The van der Waals surface area contributed by atoms with Gasteiger partial charge in [-0.3, -0.25) is 0 Å². The summed E-state index contributed by atoms with van der Waals surface area (Å²) in [4.78, 5) is 11.6. The molecule has 14 heavy (non-hydrogen) atoms. The Bertz CT molecular complexity index is 554. The molecule has 0 aliphatic rings. The molecule has 3 nitrogen and oxygen atoms in total. The quantitative estimate of drug-likeness (QED) is 0.657. The zero-order valence-corrected chi connectivity index (χ0v) is 8.08. The monoisotopic (exact) mass is 201 g/mol. The van der Waals surface area contributed by atoms with Gasteiger partial charge in [0.2, 0.25) is 0 Å². The first-order valence-electron chi connectivity index (χ1n) is 4.27. The molecule has 0 atom stereocenters. The summed E-state index contributed by atoms with van der Waals surface area (Å²) in [7, 11) is 0. The van der Waals surface area contributed by atoms with Crippen LogP contribution >= 0.6 is 11.3 Å². The first-order chi connectivity index (χ1) is 6.95. The third-order valence-electron chi connectivity index (χ3n) is 2.12. The largest absolute Gasteiger partial charge is 0.346 e. The maximum atomic E-state index is 4.29. The zero-order chi connectivity index (χ0) is 9.38. The summed E-state index contributed by atoms with van der Waals surface area (Å²) in [5.41, 5.74) is 2.06. The lowest BCUT2D eigenvalue weighted by Gasteiger charge is -1.96. The van der Waals surface area contributed by atoms with E-state index >= 15 is 0 Å². The van der Waals surface area contributed by atoms with Gasteiger partial charge in [0.1, 0.15) is 10.7 Å². The van der Waals surface area contributed by atoms with Crippen molar-refractivity contribution in [1.29, 1.82) is 0 Å². The Morgan fingerprint density at radius 3 is 3.00 bits per heavy atom. The molecule has 4 heteroatoms. The van der Waals surface area contributed by atoms with Gasteiger partial charge >= 0.3 is 0 Å². The van der Waals surface area contributed by atoms with Crippen molar-refractivity contribution in [2.24, 2.45) is 0 Å². The lowest BCUT2D eigenvalue weighted by molar-refractivity contribution is 1.32. The number of thiazole rings is 1. The van der Waals surface area contributed by atoms with Crippen molar-refractivity contribution >= 4 is 22.4 Å². The zero-order valence-electron chi connectivity index (χ0n) is 7.27. The van der Waals surface area contributed by atoms with Crippen molar-refractivity contribution in [1.82, 2.24) is 15.0 Å². The van der Waals surface area contributed by atoms with Crippen molar-refractivity contribution in [3.05, 3.63) is 36.1 Å². The summed E-state index contributed by atoms with van der Waals surface area (Å²) in [5, 5.41) is 4.15. The van der Waals surface area contributed by atoms with Gasteiger partial charge in [-0.15, -0.1) is 11.3 Å². The van der Waals surface area contributed by atoms with Crippen molar-refractivity contribution in [3.8, 4) is 10.6 Å². The Morgan fingerprint density at radius 1 is 1.14 bits per heavy atom. The highest BCUT2D eigenvalue weighted by molar-refractivity contribution is 7.13. The summed E-state index contributed by atoms with van der Waals surface area (Å²) in [6, 6.07) is 4.02. The number of aromatic nitrogens is 3. The Kier molecular flexibility index (Phi) is 1.61. The number of rotatable bonds is 1. The van der Waals surface area contributed by atoms with E-state index in [0.29, 0.717) is 0 Å². The van der Waals surface area contributed by atoms with Crippen molar-refractivity contribution in [3.63, 3.8) is 0 Å². The molecule has 0 bridgehead atoms. The molecule has 0 unspecified atom stereocenters. The van der Waals surface area contributed by atoms with Crippen LogP contribution in [0.15, 0.2) is 36.1 Å². The fourth-order valence-electron chi connectivity index (χ4n) is 1.50. The minimum Gasteiger partial charge on any atom is -0.346 e. The van der Waals surface area contributed by atoms with Gasteiger partial charge < -0.3 is 4.98 Å². The lowest BCUT2D eigenvalue weighted by Crippen LogP contribution is -1.80. The molecule has 68 valence electrons. The van der Waals surface area contributed by atoms with Crippen LogP contribution < -0.4 is 0 Å². The smallest absolute Gasteiger partial charge is 0.137 e. The van der Waals surface area contributed by atoms with Gasteiger partial charge in [-0.05, 0) is 12.1 Å². The van der Waals surface area contributed by atoms with Crippen LogP contribution in [0.4, 0.5) is 0 Å². The minimum absolute atomic E-state index is 0.915. The number of hydrogen-bond donors (Lipinski definition) is 1. The van der Waals surface area contributed by atoms with E-state index in [-0.39, 0.29) is 0 Å². The minimum atomic E-state index is 0.915. The fourth-order valence-corrected chi connectivity index (χ4v) is 2.18. The van der Waals surface area contributed by atoms with E-state index in [1.165, 1.54) is 0 Å². The molecule has 3 aromatic rings. The average Bonchev–Trinajstić information content (AvgIpc) is 2.88. The molecule has 0 radical (unpaired) electrons. The van der Waals surface area contributed by atoms with E-state index in [2.05, 4.69) is 15.0 Å². The molecule has 0 saturated carbocycles. The molecular weight excluding hydrogens is 194 g/mol. The van der Waals surface area contributed by atoms with Crippen LogP contribution in [0, 0.1) is 0 Å². The predicted octanol–water partition coefficient (Wildman–Crippen LogP) is 2.69. The normalized spacial score (nSPS) is 10.9. The van der Waals surface area contributed by atoms with E-state index in [1.807, 2.05) is 29.9 Å². The standard InChI is InChI=1S/C10H7N3S/c1-3-11-9-7(1)8(2-4-12-9)10-13-5-6-14-10/h1-6H,(H,11,12). The second kappa shape index (κ2) is 2.92. The van der Waals surface area contributed by atoms with Crippen LogP contribution in [0.3, 0.4) is 0 Å². The number of aromatic amines is 1. The van der Waals surface area contributed by atoms with Gasteiger partial charge in [-0.2, -0.15) is 0 Å². The predicted molar refractivity (Wildman–Crippen MR) is 57.2 cm³/mol. The summed E-state index contributed by atoms with van der Waals surface area (Å²) in [6.07, 6.45) is 5.52. The molecule has 3 heterocycles. The molecule has 0 aliphatic carbocycles. The Morgan fingerprint density at radius 2 is 2.14 bits per heavy atom. The highest BCUT2D eigenvalue weighted by Gasteiger charge is 2.06. The van der Waals surface area contributed by atoms with Crippen LogP contribution in [0.5, 0.6) is 0 Å². The Balaban J connectivity index is 2.36. The number of hydrogen-bond acceptors (Lipinski definition) is 3. The van der Waals surface area contributed by atoms with Crippen LogP contribution in [-0.2, 0) is 0 Å². The van der Waals surface area contributed by atoms with Gasteiger partial charge in [0, 0.05) is 34.9 Å². The van der Waals surface area contributed by atoms with Crippen molar-refractivity contribution in [2.75, 3.05) is 0 Å². The maximum absolute atomic E-state index is 4.29. The third kappa shape index (κ3) is 1.04. The molecule has 0 fully saturated rings. The summed E-state index contributed by atoms with van der Waals surface area (Å²) >= 11 is 1.64. The third-order valence-corrected chi connectivity index (χ3v) is 2.93. The van der Waals surface area contributed by atoms with Gasteiger partial charge in [0.15, 0.2) is 0 Å². The summed E-state index contributed by atoms with van der Waals surface area (Å²) in [5.74, 6) is 0. The van der Waals surface area contributed by atoms with Crippen LogP contribution in [-0.4, -0.2) is 15.0 Å². The number of pyridine rings is 1. The van der Waals surface area contributed by atoms with Gasteiger partial charge in [-0.25, -0.2) is 9.97 Å². The maximum Gasteiger partial charge on any atom is 0.137 e. The second-order valence-electron chi connectivity index (χ2n) is 2.94. The molecule has 0 spiro atoms. The highest BCUT2D eigenvalue weighted by atomic mass is 32.1. The number of fused-ring (bicyclic) bond motifs is 1. The molecule has 0 amide bonds. The first kappa shape index (κ1) is 7.70. The van der Waals surface area contributed by atoms with E-state index in [9.17, 15) is 0 Å². The summed E-state index contributed by atoms with van der Waals surface area (Å²) < 4.78 is 0. The number of H-pyrrole nitrogens is 1. The number of nitrogens with zero attached hydrogens (tertiary/aromatic N) is 2. The first-order valence-corrected chi connectivity index (χ1v) is 5.15. The van der Waals surface area contributed by atoms with E-state index < -0.39 is 0 Å². The van der Waals surface area contributed by atoms with Crippen molar-refractivity contribution in [2.45, 2.75) is 0 Å². The molecule has 3 rings (SSSR count). The topological polar surface area (TPSA) is 41.6 Å². The molecule has 3 aromatic heterocycles. The lowest BCUT2D eigenvalue weighted by atomic mass is 10.2. The molecule has 0 aliphatic heterocycles. The Hall–Kier alpha value is -1.68. The molecular formula is C10H7N3S. The van der Waals surface area contributed by atoms with Crippen LogP contribution in [0.2, 0.25) is 0 Å².